The lowest BCUT2D eigenvalue weighted by Crippen LogP contribution is -2.30. The number of amidine groups is 1. The van der Waals surface area contributed by atoms with Crippen LogP contribution in [-0.4, -0.2) is 74.0 Å². The van der Waals surface area contributed by atoms with Crippen molar-refractivity contribution in [3.8, 4) is 17.4 Å². The summed E-state index contributed by atoms with van der Waals surface area (Å²) in [6, 6.07) is 18.9. The van der Waals surface area contributed by atoms with Crippen molar-refractivity contribution in [3.05, 3.63) is 119 Å². The molecule has 0 saturated heterocycles. The molecule has 0 fully saturated rings. The van der Waals surface area contributed by atoms with Gasteiger partial charge in [0.05, 0.1) is 19.8 Å². The van der Waals surface area contributed by atoms with E-state index in [1.54, 1.807) is 73.1 Å². The Kier molecular flexibility index (Phi) is 15.2. The van der Waals surface area contributed by atoms with Crippen LogP contribution in [0.3, 0.4) is 0 Å². The van der Waals surface area contributed by atoms with Crippen molar-refractivity contribution in [3.63, 3.8) is 0 Å². The highest BCUT2D eigenvalue weighted by atomic mass is 19.1. The van der Waals surface area contributed by atoms with Crippen molar-refractivity contribution in [2.24, 2.45) is 5.92 Å². The van der Waals surface area contributed by atoms with Gasteiger partial charge < -0.3 is 30.0 Å². The number of carbonyl (C=O) groups is 2. The zero-order valence-electron chi connectivity index (χ0n) is 32.6. The van der Waals surface area contributed by atoms with Crippen LogP contribution in [0.15, 0.2) is 85.2 Å². The minimum absolute atomic E-state index is 0.0936. The van der Waals surface area contributed by atoms with Gasteiger partial charge in [0.1, 0.15) is 30.1 Å². The minimum atomic E-state index is -1.03. The molecule has 0 spiro atoms. The van der Waals surface area contributed by atoms with Crippen molar-refractivity contribution in [2.45, 2.75) is 71.4 Å². The molecule has 1 unspecified atom stereocenters. The average molecular weight is 781 g/mol. The van der Waals surface area contributed by atoms with Crippen LogP contribution < -0.4 is 20.1 Å². The van der Waals surface area contributed by atoms with Gasteiger partial charge in [0, 0.05) is 53.7 Å². The van der Waals surface area contributed by atoms with Gasteiger partial charge >= 0.3 is 5.97 Å². The highest BCUT2D eigenvalue weighted by Crippen LogP contribution is 2.35. The molecule has 3 atom stereocenters. The van der Waals surface area contributed by atoms with Gasteiger partial charge in [-0.2, -0.15) is 4.68 Å². The Hall–Kier alpha value is -6.22. The number of hydrogen-bond donors (Lipinski definition) is 4. The van der Waals surface area contributed by atoms with Crippen molar-refractivity contribution < 1.29 is 33.3 Å². The number of amides is 1. The molecule has 0 aliphatic heterocycles. The molecule has 300 valence electrons. The zero-order chi connectivity index (χ0) is 40.7. The number of aliphatic hydroxyl groups is 1. The van der Waals surface area contributed by atoms with E-state index in [-0.39, 0.29) is 60.1 Å². The molecule has 2 aromatic heterocycles. The number of nitrogens with zero attached hydrogens (tertiary/aromatic N) is 5. The molecule has 5 aromatic rings. The second-order valence-electron chi connectivity index (χ2n) is 13.6. The summed E-state index contributed by atoms with van der Waals surface area (Å²) in [6.07, 6.45) is 6.83. The molecule has 0 aliphatic carbocycles. The highest BCUT2D eigenvalue weighted by molar-refractivity contribution is 6.11. The first kappa shape index (κ1) is 41.9. The summed E-state index contributed by atoms with van der Waals surface area (Å²) in [6.45, 7) is 5.54. The molecule has 1 amide bonds. The number of anilines is 1. The van der Waals surface area contributed by atoms with Crippen molar-refractivity contribution in [1.29, 1.82) is 5.41 Å². The van der Waals surface area contributed by atoms with E-state index in [1.807, 2.05) is 6.92 Å². The van der Waals surface area contributed by atoms with Gasteiger partial charge in [0.2, 0.25) is 0 Å². The molecule has 0 saturated carbocycles. The number of hydrogen-bond acceptors (Lipinski definition) is 12. The Balaban J connectivity index is 1.46. The summed E-state index contributed by atoms with van der Waals surface area (Å²) in [5.41, 5.74) is 1.48. The monoisotopic (exact) mass is 780 g/mol. The number of ether oxygens (including phenoxy) is 3. The lowest BCUT2D eigenvalue weighted by molar-refractivity contribution is -0.148. The molecule has 14 nitrogen and oxygen atoms in total. The maximum Gasteiger partial charge on any atom is 0.306 e. The fourth-order valence-electron chi connectivity index (χ4n) is 6.05. The van der Waals surface area contributed by atoms with E-state index < -0.39 is 17.8 Å². The van der Waals surface area contributed by atoms with Gasteiger partial charge in [0.15, 0.2) is 17.4 Å². The van der Waals surface area contributed by atoms with E-state index in [0.717, 1.165) is 12.8 Å². The molecule has 15 heteroatoms. The van der Waals surface area contributed by atoms with Gasteiger partial charge in [-0.25, -0.2) is 19.3 Å². The number of esters is 1. The standard InChI is InChI=1S/C42H49FN8O6/c1-5-10-28(3)57-36(53)20-14-27(2)13-19-35-48-40(50-51(35)42-45-21-9-22-46-42)38(33-25-32(55-4)26-34(37(33)43)56-24-23-52)47-31-17-15-29(16-18-31)39(44)49-41(54)30-11-7-6-8-12-30/h6-9,11-12,15-18,21-22,25-28,38,47,52H,5,10,13-14,19-20,23-24H2,1-4H3,(H2,44,49,54)/t27?,28-,38-/m1/s1. The van der Waals surface area contributed by atoms with Crippen LogP contribution in [0.1, 0.15) is 92.1 Å². The summed E-state index contributed by atoms with van der Waals surface area (Å²) in [4.78, 5) is 38.9. The largest absolute Gasteiger partial charge is 0.497 e. The van der Waals surface area contributed by atoms with Crippen LogP contribution in [-0.2, 0) is 16.0 Å². The molecule has 0 radical (unpaired) electrons. The van der Waals surface area contributed by atoms with E-state index in [2.05, 4.69) is 34.4 Å². The van der Waals surface area contributed by atoms with Crippen LogP contribution in [0, 0.1) is 17.1 Å². The summed E-state index contributed by atoms with van der Waals surface area (Å²) >= 11 is 0. The average Bonchev–Trinajstić information content (AvgIpc) is 3.66. The van der Waals surface area contributed by atoms with Crippen molar-refractivity contribution >= 4 is 23.4 Å². The van der Waals surface area contributed by atoms with Gasteiger partial charge in [0.25, 0.3) is 11.9 Å². The number of carbonyl (C=O) groups excluding carboxylic acids is 2. The van der Waals surface area contributed by atoms with Crippen LogP contribution in [0.5, 0.6) is 11.5 Å². The Bertz CT molecular complexity index is 2080. The normalized spacial score (nSPS) is 12.6. The highest BCUT2D eigenvalue weighted by Gasteiger charge is 2.28. The molecular formula is C42H49FN8O6. The first-order valence-corrected chi connectivity index (χ1v) is 19.0. The number of benzene rings is 3. The Morgan fingerprint density at radius 2 is 1.70 bits per heavy atom. The zero-order valence-corrected chi connectivity index (χ0v) is 32.6. The Labute approximate surface area is 331 Å². The molecule has 3 aromatic carbocycles. The first-order valence-electron chi connectivity index (χ1n) is 19.0. The quantitative estimate of drug-likeness (QED) is 0.0378. The maximum absolute atomic E-state index is 16.4. The molecule has 5 rings (SSSR count). The number of aromatic nitrogens is 5. The second-order valence-corrected chi connectivity index (χ2v) is 13.6. The number of aliphatic hydroxyl groups excluding tert-OH is 1. The number of nitrogens with one attached hydrogen (secondary N) is 3. The van der Waals surface area contributed by atoms with Crippen LogP contribution in [0.2, 0.25) is 0 Å². The van der Waals surface area contributed by atoms with E-state index in [4.69, 9.17) is 29.7 Å². The summed E-state index contributed by atoms with van der Waals surface area (Å²) < 4.78 is 34.6. The summed E-state index contributed by atoms with van der Waals surface area (Å²) in [5.74, 6) is -0.170. The summed E-state index contributed by atoms with van der Waals surface area (Å²) in [7, 11) is 1.45. The van der Waals surface area contributed by atoms with Crippen LogP contribution >= 0.6 is 0 Å². The minimum Gasteiger partial charge on any atom is -0.497 e. The van der Waals surface area contributed by atoms with Crippen molar-refractivity contribution in [2.75, 3.05) is 25.6 Å². The lowest BCUT2D eigenvalue weighted by Gasteiger charge is -2.21. The second kappa shape index (κ2) is 20.6. The maximum atomic E-state index is 16.4. The lowest BCUT2D eigenvalue weighted by atomic mass is 9.99. The van der Waals surface area contributed by atoms with Crippen molar-refractivity contribution in [1.82, 2.24) is 30.0 Å². The van der Waals surface area contributed by atoms with Crippen LogP contribution in [0.25, 0.3) is 5.95 Å². The van der Waals surface area contributed by atoms with E-state index in [1.165, 1.54) is 23.9 Å². The number of methoxy groups -OCH3 is 1. The van der Waals surface area contributed by atoms with E-state index >= 15 is 4.39 Å². The third-order valence-electron chi connectivity index (χ3n) is 9.12. The topological polar surface area (TPSA) is 186 Å². The number of aryl methyl sites for hydroxylation is 1. The third kappa shape index (κ3) is 11.6. The predicted octanol–water partition coefficient (Wildman–Crippen LogP) is 6.61. The SMILES string of the molecule is CCC[C@@H](C)OC(=O)CCC(C)CCc1nc([C@H](Nc2ccc(C(=N)NC(=O)c3ccccc3)cc2)c2cc(OC)cc(OCCO)c2F)nn1-c1ncccn1. The third-order valence-corrected chi connectivity index (χ3v) is 9.12. The van der Waals surface area contributed by atoms with Gasteiger partial charge in [-0.3, -0.25) is 15.0 Å². The van der Waals surface area contributed by atoms with Gasteiger partial charge in [-0.05, 0) is 80.6 Å². The summed E-state index contributed by atoms with van der Waals surface area (Å²) in [5, 5.41) is 28.7. The molecule has 2 heterocycles. The predicted molar refractivity (Wildman–Crippen MR) is 212 cm³/mol. The Morgan fingerprint density at radius 1 is 0.965 bits per heavy atom. The smallest absolute Gasteiger partial charge is 0.306 e. The molecule has 0 bridgehead atoms. The molecular weight excluding hydrogens is 732 g/mol. The fourth-order valence-corrected chi connectivity index (χ4v) is 6.05. The van der Waals surface area contributed by atoms with Crippen LogP contribution in [0.4, 0.5) is 10.1 Å². The molecule has 57 heavy (non-hydrogen) atoms. The molecule has 4 N–H and O–H groups in total. The van der Waals surface area contributed by atoms with E-state index in [9.17, 15) is 14.7 Å². The fraction of sp³-hybridized carbons (Fsp3) is 0.357. The first-order chi connectivity index (χ1) is 27.6. The van der Waals surface area contributed by atoms with Gasteiger partial charge in [-0.1, -0.05) is 38.5 Å². The van der Waals surface area contributed by atoms with E-state index in [0.29, 0.717) is 54.1 Å². The Morgan fingerprint density at radius 3 is 2.39 bits per heavy atom. The number of halogens is 1. The van der Waals surface area contributed by atoms with Gasteiger partial charge in [-0.15, -0.1) is 5.10 Å². The number of rotatable bonds is 20. The molecule has 0 aliphatic rings.